The van der Waals surface area contributed by atoms with Crippen LogP contribution in [0.25, 0.3) is 5.69 Å². The van der Waals surface area contributed by atoms with Crippen LogP contribution >= 0.6 is 0 Å². The van der Waals surface area contributed by atoms with E-state index in [9.17, 15) is 4.79 Å². The van der Waals surface area contributed by atoms with Gasteiger partial charge >= 0.3 is 0 Å². The molecule has 0 spiro atoms. The lowest BCUT2D eigenvalue weighted by atomic mass is 10.1. The molecule has 2 aromatic rings. The van der Waals surface area contributed by atoms with Crippen LogP contribution in [0.1, 0.15) is 31.1 Å². The first kappa shape index (κ1) is 12.4. The summed E-state index contributed by atoms with van der Waals surface area (Å²) in [5.74, 6) is -0.0606. The van der Waals surface area contributed by atoms with E-state index in [4.69, 9.17) is 0 Å². The van der Waals surface area contributed by atoms with Crippen LogP contribution in [-0.2, 0) is 0 Å². The molecule has 0 radical (unpaired) electrons. The van der Waals surface area contributed by atoms with Crippen molar-refractivity contribution >= 4 is 5.91 Å². The van der Waals surface area contributed by atoms with Crippen molar-refractivity contribution in [2.45, 2.75) is 26.3 Å². The molecule has 4 heteroatoms. The molecule has 1 N–H and O–H groups in total. The van der Waals surface area contributed by atoms with Crippen molar-refractivity contribution in [1.29, 1.82) is 0 Å². The standard InChI is InChI=1S/C14H17N3O/c1-14(2,3)16-13(18)11-5-7-12(8-6-11)17-10-4-9-15-17/h4-10H,1-3H3,(H,16,18). The minimum absolute atomic E-state index is 0.0606. The SMILES string of the molecule is CC(C)(C)NC(=O)c1ccc(-n2cccn2)cc1. The summed E-state index contributed by atoms with van der Waals surface area (Å²) < 4.78 is 1.76. The molecular weight excluding hydrogens is 226 g/mol. The number of carbonyl (C=O) groups excluding carboxylic acids is 1. The molecular formula is C14H17N3O. The van der Waals surface area contributed by atoms with Crippen LogP contribution in [0.5, 0.6) is 0 Å². The minimum Gasteiger partial charge on any atom is -0.347 e. The number of nitrogens with zero attached hydrogens (tertiary/aromatic N) is 2. The zero-order chi connectivity index (χ0) is 13.2. The summed E-state index contributed by atoms with van der Waals surface area (Å²) >= 11 is 0. The average molecular weight is 243 g/mol. The average Bonchev–Trinajstić information content (AvgIpc) is 2.80. The van der Waals surface area contributed by atoms with Gasteiger partial charge in [0.2, 0.25) is 0 Å². The van der Waals surface area contributed by atoms with E-state index in [0.29, 0.717) is 5.56 Å². The van der Waals surface area contributed by atoms with Gasteiger partial charge in [0, 0.05) is 23.5 Å². The van der Waals surface area contributed by atoms with Crippen LogP contribution in [0.15, 0.2) is 42.7 Å². The Hall–Kier alpha value is -2.10. The van der Waals surface area contributed by atoms with Crippen molar-refractivity contribution in [3.63, 3.8) is 0 Å². The highest BCUT2D eigenvalue weighted by atomic mass is 16.1. The molecule has 0 atom stereocenters. The highest BCUT2D eigenvalue weighted by molar-refractivity contribution is 5.94. The fourth-order valence-electron chi connectivity index (χ4n) is 1.60. The number of aromatic nitrogens is 2. The molecule has 18 heavy (non-hydrogen) atoms. The first-order chi connectivity index (χ1) is 8.46. The van der Waals surface area contributed by atoms with Crippen molar-refractivity contribution in [2.75, 3.05) is 0 Å². The van der Waals surface area contributed by atoms with Crippen molar-refractivity contribution in [3.05, 3.63) is 48.3 Å². The van der Waals surface area contributed by atoms with Gasteiger partial charge in [-0.3, -0.25) is 4.79 Å². The quantitative estimate of drug-likeness (QED) is 0.880. The van der Waals surface area contributed by atoms with Crippen LogP contribution in [0.3, 0.4) is 0 Å². The summed E-state index contributed by atoms with van der Waals surface area (Å²) in [6.45, 7) is 5.88. The molecule has 0 saturated carbocycles. The molecule has 0 bridgehead atoms. The van der Waals surface area contributed by atoms with Crippen LogP contribution in [0.2, 0.25) is 0 Å². The Morgan fingerprint density at radius 1 is 1.22 bits per heavy atom. The molecule has 2 rings (SSSR count). The zero-order valence-corrected chi connectivity index (χ0v) is 10.8. The molecule has 0 unspecified atom stereocenters. The first-order valence-electron chi connectivity index (χ1n) is 5.88. The van der Waals surface area contributed by atoms with Crippen LogP contribution in [-0.4, -0.2) is 21.2 Å². The van der Waals surface area contributed by atoms with Crippen molar-refractivity contribution in [3.8, 4) is 5.69 Å². The van der Waals surface area contributed by atoms with E-state index in [2.05, 4.69) is 10.4 Å². The molecule has 94 valence electrons. The summed E-state index contributed by atoms with van der Waals surface area (Å²) in [7, 11) is 0. The molecule has 0 fully saturated rings. The molecule has 1 aromatic carbocycles. The van der Waals surface area contributed by atoms with Crippen molar-refractivity contribution in [2.24, 2.45) is 0 Å². The largest absolute Gasteiger partial charge is 0.347 e. The third kappa shape index (κ3) is 2.97. The molecule has 0 aliphatic rings. The maximum atomic E-state index is 11.9. The maximum Gasteiger partial charge on any atom is 0.251 e. The van der Waals surface area contributed by atoms with Crippen LogP contribution < -0.4 is 5.32 Å². The van der Waals surface area contributed by atoms with Crippen LogP contribution in [0, 0.1) is 0 Å². The van der Waals surface area contributed by atoms with Gasteiger partial charge in [-0.25, -0.2) is 4.68 Å². The first-order valence-corrected chi connectivity index (χ1v) is 5.88. The van der Waals surface area contributed by atoms with Gasteiger partial charge in [-0.15, -0.1) is 0 Å². The lowest BCUT2D eigenvalue weighted by molar-refractivity contribution is 0.0919. The Morgan fingerprint density at radius 3 is 2.39 bits per heavy atom. The third-order valence-corrected chi connectivity index (χ3v) is 2.39. The van der Waals surface area contributed by atoms with E-state index < -0.39 is 0 Å². The smallest absolute Gasteiger partial charge is 0.251 e. The fraction of sp³-hybridized carbons (Fsp3) is 0.286. The predicted octanol–water partition coefficient (Wildman–Crippen LogP) is 2.40. The monoisotopic (exact) mass is 243 g/mol. The highest BCUT2D eigenvalue weighted by Gasteiger charge is 2.14. The lowest BCUT2D eigenvalue weighted by Crippen LogP contribution is -2.40. The molecule has 0 aliphatic carbocycles. The summed E-state index contributed by atoms with van der Waals surface area (Å²) in [4.78, 5) is 11.9. The summed E-state index contributed by atoms with van der Waals surface area (Å²) in [5, 5.41) is 7.06. The van der Waals surface area contributed by atoms with Gasteiger partial charge in [0.25, 0.3) is 5.91 Å². The number of hydrogen-bond donors (Lipinski definition) is 1. The van der Waals surface area contributed by atoms with Gasteiger partial charge < -0.3 is 5.32 Å². The van der Waals surface area contributed by atoms with Gasteiger partial charge in [0.05, 0.1) is 5.69 Å². The van der Waals surface area contributed by atoms with Crippen molar-refractivity contribution < 1.29 is 4.79 Å². The Bertz CT molecular complexity index is 521. The fourth-order valence-corrected chi connectivity index (χ4v) is 1.60. The molecule has 4 nitrogen and oxygen atoms in total. The Balaban J connectivity index is 2.15. The van der Waals surface area contributed by atoms with Gasteiger partial charge in [-0.1, -0.05) is 0 Å². The number of benzene rings is 1. The van der Waals surface area contributed by atoms with E-state index in [1.165, 1.54) is 0 Å². The number of nitrogens with one attached hydrogen (secondary N) is 1. The predicted molar refractivity (Wildman–Crippen MR) is 70.8 cm³/mol. The molecule has 1 aromatic heterocycles. The molecule has 1 heterocycles. The molecule has 0 aliphatic heterocycles. The molecule has 0 saturated heterocycles. The highest BCUT2D eigenvalue weighted by Crippen LogP contribution is 2.10. The lowest BCUT2D eigenvalue weighted by Gasteiger charge is -2.20. The maximum absolute atomic E-state index is 11.9. The zero-order valence-electron chi connectivity index (χ0n) is 10.8. The van der Waals surface area contributed by atoms with E-state index in [1.54, 1.807) is 23.0 Å². The van der Waals surface area contributed by atoms with Crippen molar-refractivity contribution in [1.82, 2.24) is 15.1 Å². The third-order valence-electron chi connectivity index (χ3n) is 2.39. The van der Waals surface area contributed by atoms with Gasteiger partial charge in [0.15, 0.2) is 0 Å². The second kappa shape index (κ2) is 4.64. The number of rotatable bonds is 2. The minimum atomic E-state index is -0.224. The van der Waals surface area contributed by atoms with E-state index in [0.717, 1.165) is 5.69 Å². The summed E-state index contributed by atoms with van der Waals surface area (Å²) in [5.41, 5.74) is 1.37. The topological polar surface area (TPSA) is 46.9 Å². The Kier molecular flexibility index (Phi) is 3.19. The summed E-state index contributed by atoms with van der Waals surface area (Å²) in [6.07, 6.45) is 3.59. The van der Waals surface area contributed by atoms with E-state index in [-0.39, 0.29) is 11.4 Å². The summed E-state index contributed by atoms with van der Waals surface area (Å²) in [6, 6.07) is 9.23. The van der Waals surface area contributed by atoms with Gasteiger partial charge in [0.1, 0.15) is 0 Å². The van der Waals surface area contributed by atoms with Crippen LogP contribution in [0.4, 0.5) is 0 Å². The second-order valence-corrected chi connectivity index (χ2v) is 5.20. The van der Waals surface area contributed by atoms with E-state index >= 15 is 0 Å². The second-order valence-electron chi connectivity index (χ2n) is 5.20. The number of amides is 1. The Morgan fingerprint density at radius 2 is 1.89 bits per heavy atom. The van der Waals surface area contributed by atoms with Gasteiger partial charge in [-0.2, -0.15) is 5.10 Å². The van der Waals surface area contributed by atoms with E-state index in [1.807, 2.05) is 45.2 Å². The van der Waals surface area contributed by atoms with Gasteiger partial charge in [-0.05, 0) is 51.1 Å². The number of hydrogen-bond acceptors (Lipinski definition) is 2. The number of carbonyl (C=O) groups is 1. The normalized spacial score (nSPS) is 11.3. The Labute approximate surface area is 107 Å². The molecule has 1 amide bonds.